The third kappa shape index (κ3) is 2.57. The summed E-state index contributed by atoms with van der Waals surface area (Å²) in [7, 11) is 0. The number of alkyl halides is 2. The lowest BCUT2D eigenvalue weighted by atomic mass is 10.2. The minimum atomic E-state index is -2.90. The molecule has 0 radical (unpaired) electrons. The second kappa shape index (κ2) is 5.07. The van der Waals surface area contributed by atoms with E-state index in [9.17, 15) is 13.6 Å². The molecule has 7 heteroatoms. The zero-order chi connectivity index (χ0) is 12.3. The molecule has 0 fully saturated rings. The molecule has 0 aromatic carbocycles. The Hall–Kier alpha value is -1.43. The number of pyridine rings is 1. The number of ether oxygens (including phenoxy) is 1. The number of anilines is 1. The first-order valence-electron chi connectivity index (χ1n) is 4.38. The minimum absolute atomic E-state index is 0.118. The van der Waals surface area contributed by atoms with Crippen LogP contribution < -0.4 is 5.73 Å². The summed E-state index contributed by atoms with van der Waals surface area (Å²) in [4.78, 5) is 14.7. The maximum absolute atomic E-state index is 12.5. The number of nitrogen functional groups attached to an aromatic ring is 1. The number of esters is 1. The van der Waals surface area contributed by atoms with Crippen LogP contribution in [0, 0.1) is 0 Å². The molecule has 0 unspecified atom stereocenters. The normalized spacial score (nSPS) is 10.6. The summed E-state index contributed by atoms with van der Waals surface area (Å²) in [6.07, 6.45) is -2.90. The summed E-state index contributed by atoms with van der Waals surface area (Å²) in [5.41, 5.74) is 4.25. The number of aromatic nitrogens is 1. The number of carbonyl (C=O) groups is 1. The van der Waals surface area contributed by atoms with Gasteiger partial charge >= 0.3 is 5.97 Å². The quantitative estimate of drug-likeness (QED) is 0.837. The fourth-order valence-electron chi connectivity index (χ4n) is 1.02. The average molecular weight is 251 g/mol. The minimum Gasteiger partial charge on any atom is -0.461 e. The molecule has 16 heavy (non-hydrogen) atoms. The monoisotopic (exact) mass is 250 g/mol. The van der Waals surface area contributed by atoms with Crippen molar-refractivity contribution in [2.24, 2.45) is 0 Å². The van der Waals surface area contributed by atoms with Gasteiger partial charge in [0.1, 0.15) is 5.69 Å². The van der Waals surface area contributed by atoms with Gasteiger partial charge < -0.3 is 10.5 Å². The van der Waals surface area contributed by atoms with Crippen LogP contribution in [0.3, 0.4) is 0 Å². The van der Waals surface area contributed by atoms with Crippen molar-refractivity contribution in [3.8, 4) is 0 Å². The van der Waals surface area contributed by atoms with Gasteiger partial charge in [-0.05, 0) is 13.0 Å². The molecule has 0 aliphatic rings. The largest absolute Gasteiger partial charge is 0.461 e. The number of hydrogen-bond acceptors (Lipinski definition) is 4. The first-order chi connectivity index (χ1) is 7.47. The lowest BCUT2D eigenvalue weighted by Gasteiger charge is -2.08. The van der Waals surface area contributed by atoms with Crippen LogP contribution in [0.15, 0.2) is 6.07 Å². The molecule has 88 valence electrons. The molecule has 1 aromatic heterocycles. The van der Waals surface area contributed by atoms with Crippen molar-refractivity contribution in [3.05, 3.63) is 22.5 Å². The van der Waals surface area contributed by atoms with Crippen molar-refractivity contribution in [2.75, 3.05) is 12.3 Å². The highest BCUT2D eigenvalue weighted by Crippen LogP contribution is 2.30. The second-order valence-corrected chi connectivity index (χ2v) is 3.20. The molecule has 1 rings (SSSR count). The van der Waals surface area contributed by atoms with Crippen LogP contribution in [0.25, 0.3) is 0 Å². The summed E-state index contributed by atoms with van der Waals surface area (Å²) in [5, 5.41) is -0.344. The highest BCUT2D eigenvalue weighted by molar-refractivity contribution is 6.33. The van der Waals surface area contributed by atoms with Crippen LogP contribution in [-0.4, -0.2) is 17.6 Å². The Morgan fingerprint density at radius 2 is 2.31 bits per heavy atom. The molecule has 2 N–H and O–H groups in total. The fourth-order valence-corrected chi connectivity index (χ4v) is 1.20. The Morgan fingerprint density at radius 3 is 2.81 bits per heavy atom. The Kier molecular flexibility index (Phi) is 4.00. The van der Waals surface area contributed by atoms with E-state index in [0.717, 1.165) is 6.07 Å². The SMILES string of the molecule is CCOC(=O)c1cc(N)c(Cl)c(C(F)F)n1. The van der Waals surface area contributed by atoms with E-state index in [-0.39, 0.29) is 23.0 Å². The molecule has 0 saturated heterocycles. The van der Waals surface area contributed by atoms with Gasteiger partial charge in [0.05, 0.1) is 17.3 Å². The molecule has 0 aliphatic heterocycles. The number of hydrogen-bond donors (Lipinski definition) is 1. The summed E-state index contributed by atoms with van der Waals surface area (Å²) < 4.78 is 29.6. The third-order valence-electron chi connectivity index (χ3n) is 1.70. The van der Waals surface area contributed by atoms with Crippen molar-refractivity contribution in [1.82, 2.24) is 4.98 Å². The van der Waals surface area contributed by atoms with Gasteiger partial charge in [-0.2, -0.15) is 0 Å². The standard InChI is InChI=1S/C9H9ClF2N2O2/c1-2-16-9(15)5-3-4(13)6(10)7(14-5)8(11)12/h3,8H,2H2,1H3,(H2,13,14). The predicted molar refractivity (Wildman–Crippen MR) is 54.6 cm³/mol. The first-order valence-corrected chi connectivity index (χ1v) is 4.76. The van der Waals surface area contributed by atoms with E-state index in [1.807, 2.05) is 0 Å². The smallest absolute Gasteiger partial charge is 0.357 e. The van der Waals surface area contributed by atoms with E-state index in [2.05, 4.69) is 9.72 Å². The molecule has 1 aromatic rings. The van der Waals surface area contributed by atoms with Crippen molar-refractivity contribution in [2.45, 2.75) is 13.3 Å². The van der Waals surface area contributed by atoms with Gasteiger partial charge in [-0.3, -0.25) is 0 Å². The summed E-state index contributed by atoms with van der Waals surface area (Å²) >= 11 is 5.52. The maximum Gasteiger partial charge on any atom is 0.357 e. The topological polar surface area (TPSA) is 65.2 Å². The Labute approximate surface area is 95.4 Å². The van der Waals surface area contributed by atoms with Crippen molar-refractivity contribution >= 4 is 23.3 Å². The molecule has 0 spiro atoms. The number of carbonyl (C=O) groups excluding carboxylic acids is 1. The van der Waals surface area contributed by atoms with Crippen molar-refractivity contribution < 1.29 is 18.3 Å². The fraction of sp³-hybridized carbons (Fsp3) is 0.333. The molecule has 0 aliphatic carbocycles. The zero-order valence-electron chi connectivity index (χ0n) is 8.34. The van der Waals surface area contributed by atoms with E-state index in [4.69, 9.17) is 17.3 Å². The number of nitrogens with zero attached hydrogens (tertiary/aromatic N) is 1. The molecule has 4 nitrogen and oxygen atoms in total. The first kappa shape index (κ1) is 12.6. The van der Waals surface area contributed by atoms with Gasteiger partial charge in [-0.1, -0.05) is 11.6 Å². The van der Waals surface area contributed by atoms with Gasteiger partial charge in [-0.15, -0.1) is 0 Å². The summed E-state index contributed by atoms with van der Waals surface area (Å²) in [5.74, 6) is -0.812. The number of nitrogens with two attached hydrogens (primary N) is 1. The van der Waals surface area contributed by atoms with Gasteiger partial charge in [0.2, 0.25) is 0 Å². The highest BCUT2D eigenvalue weighted by atomic mass is 35.5. The number of halogens is 3. The number of rotatable bonds is 3. The van der Waals surface area contributed by atoms with Crippen LogP contribution in [-0.2, 0) is 4.74 Å². The predicted octanol–water partition coefficient (Wildman–Crippen LogP) is 2.43. The van der Waals surface area contributed by atoms with Crippen molar-refractivity contribution in [3.63, 3.8) is 0 Å². The Balaban J connectivity index is 3.18. The molecular formula is C9H9ClF2N2O2. The van der Waals surface area contributed by atoms with Gasteiger partial charge in [-0.25, -0.2) is 18.6 Å². The summed E-state index contributed by atoms with van der Waals surface area (Å²) in [6.45, 7) is 1.71. The van der Waals surface area contributed by atoms with Crippen LogP contribution in [0.1, 0.15) is 29.5 Å². The van der Waals surface area contributed by atoms with E-state index in [0.29, 0.717) is 0 Å². The van der Waals surface area contributed by atoms with Crippen molar-refractivity contribution in [1.29, 1.82) is 0 Å². The van der Waals surface area contributed by atoms with Crippen LogP contribution in [0.5, 0.6) is 0 Å². The second-order valence-electron chi connectivity index (χ2n) is 2.82. The van der Waals surface area contributed by atoms with Crippen LogP contribution >= 0.6 is 11.6 Å². The van der Waals surface area contributed by atoms with Gasteiger partial charge in [0.25, 0.3) is 6.43 Å². The van der Waals surface area contributed by atoms with Crippen LogP contribution in [0.4, 0.5) is 14.5 Å². The summed E-state index contributed by atoms with van der Waals surface area (Å²) in [6, 6.07) is 1.10. The maximum atomic E-state index is 12.5. The van der Waals surface area contributed by atoms with E-state index in [1.165, 1.54) is 0 Å². The van der Waals surface area contributed by atoms with Gasteiger partial charge in [0, 0.05) is 0 Å². The highest BCUT2D eigenvalue weighted by Gasteiger charge is 2.20. The zero-order valence-corrected chi connectivity index (χ0v) is 9.09. The third-order valence-corrected chi connectivity index (χ3v) is 2.11. The molecule has 0 atom stereocenters. The Bertz CT molecular complexity index is 413. The van der Waals surface area contributed by atoms with Crippen LogP contribution in [0.2, 0.25) is 5.02 Å². The van der Waals surface area contributed by atoms with E-state index in [1.54, 1.807) is 6.92 Å². The lowest BCUT2D eigenvalue weighted by Crippen LogP contribution is -2.10. The molecule has 0 bridgehead atoms. The molecular weight excluding hydrogens is 242 g/mol. The van der Waals surface area contributed by atoms with E-state index >= 15 is 0 Å². The molecule has 0 saturated carbocycles. The van der Waals surface area contributed by atoms with E-state index < -0.39 is 18.1 Å². The Morgan fingerprint density at radius 1 is 1.69 bits per heavy atom. The average Bonchev–Trinajstić information content (AvgIpc) is 2.21. The van der Waals surface area contributed by atoms with Gasteiger partial charge in [0.15, 0.2) is 5.69 Å². The molecule has 1 heterocycles. The lowest BCUT2D eigenvalue weighted by molar-refractivity contribution is 0.0518. The molecule has 0 amide bonds.